The molecule has 2 saturated heterocycles. The van der Waals surface area contributed by atoms with Crippen molar-refractivity contribution in [2.24, 2.45) is 10.9 Å². The summed E-state index contributed by atoms with van der Waals surface area (Å²) in [4.78, 5) is 8.91. The van der Waals surface area contributed by atoms with Gasteiger partial charge in [-0.2, -0.15) is 0 Å². The fourth-order valence-corrected chi connectivity index (χ4v) is 4.13. The summed E-state index contributed by atoms with van der Waals surface area (Å²) in [5.74, 6) is 1.37. The lowest BCUT2D eigenvalue weighted by Crippen LogP contribution is -2.49. The van der Waals surface area contributed by atoms with Gasteiger partial charge in [-0.15, -0.1) is 0 Å². The summed E-state index contributed by atoms with van der Waals surface area (Å²) in [6, 6.07) is 5.76. The largest absolute Gasteiger partial charge is 0.381 e. The van der Waals surface area contributed by atoms with Crippen molar-refractivity contribution in [1.29, 1.82) is 0 Å². The average Bonchev–Trinajstić information content (AvgIpc) is 3.21. The van der Waals surface area contributed by atoms with Gasteiger partial charge < -0.3 is 25.2 Å². The van der Waals surface area contributed by atoms with Gasteiger partial charge in [-0.3, -0.25) is 4.99 Å². The highest BCUT2D eigenvalue weighted by atomic mass is 19.1. The number of piperidine rings is 1. The van der Waals surface area contributed by atoms with Crippen molar-refractivity contribution in [3.05, 3.63) is 35.1 Å². The predicted octanol–water partition coefficient (Wildman–Crippen LogP) is 2.05. The van der Waals surface area contributed by atoms with E-state index in [4.69, 9.17) is 4.74 Å². The van der Waals surface area contributed by atoms with Crippen LogP contribution in [-0.4, -0.2) is 75.8 Å². The molecule has 0 radical (unpaired) electrons. The lowest BCUT2D eigenvalue weighted by molar-refractivity contribution is 0.150. The lowest BCUT2D eigenvalue weighted by Gasteiger charge is -2.34. The van der Waals surface area contributed by atoms with Gasteiger partial charge >= 0.3 is 0 Å². The zero-order chi connectivity index (χ0) is 20.6. The number of halogens is 1. The summed E-state index contributed by atoms with van der Waals surface area (Å²) in [5.41, 5.74) is 1.78. The number of guanidine groups is 1. The molecule has 3 rings (SSSR count). The molecule has 29 heavy (non-hydrogen) atoms. The first kappa shape index (κ1) is 22.0. The first-order valence-corrected chi connectivity index (χ1v) is 10.7. The second-order valence-electron chi connectivity index (χ2n) is 8.54. The topological polar surface area (TPSA) is 52.1 Å². The molecule has 0 amide bonds. The monoisotopic (exact) mass is 405 g/mol. The lowest BCUT2D eigenvalue weighted by atomic mass is 10.0. The zero-order valence-electron chi connectivity index (χ0n) is 18.1. The minimum atomic E-state index is -0.152. The number of ether oxygens (including phenoxy) is 1. The van der Waals surface area contributed by atoms with Crippen LogP contribution in [0.3, 0.4) is 0 Å². The molecule has 7 heteroatoms. The Hall–Kier alpha value is -1.70. The Labute approximate surface area is 174 Å². The van der Waals surface area contributed by atoms with E-state index in [2.05, 4.69) is 20.5 Å². The molecular weight excluding hydrogens is 369 g/mol. The third-order valence-electron chi connectivity index (χ3n) is 5.75. The third-order valence-corrected chi connectivity index (χ3v) is 5.75. The quantitative estimate of drug-likeness (QED) is 0.537. The summed E-state index contributed by atoms with van der Waals surface area (Å²) < 4.78 is 19.5. The maximum absolute atomic E-state index is 14.0. The molecule has 162 valence electrons. The Morgan fingerprint density at radius 2 is 2.07 bits per heavy atom. The number of likely N-dealkylation sites (tertiary alicyclic amines) is 1. The molecule has 0 aliphatic carbocycles. The van der Waals surface area contributed by atoms with Crippen molar-refractivity contribution >= 4 is 5.96 Å². The van der Waals surface area contributed by atoms with Gasteiger partial charge in [0.25, 0.3) is 0 Å². The van der Waals surface area contributed by atoms with Gasteiger partial charge in [0.15, 0.2) is 5.96 Å². The Balaban J connectivity index is 1.43. The molecule has 2 heterocycles. The van der Waals surface area contributed by atoms with Crippen molar-refractivity contribution < 1.29 is 9.13 Å². The van der Waals surface area contributed by atoms with E-state index < -0.39 is 0 Å². The summed E-state index contributed by atoms with van der Waals surface area (Å²) in [5, 5.41) is 6.93. The molecule has 2 fully saturated rings. The highest BCUT2D eigenvalue weighted by molar-refractivity contribution is 5.79. The van der Waals surface area contributed by atoms with Crippen molar-refractivity contribution in [1.82, 2.24) is 20.4 Å². The molecule has 0 aromatic heterocycles. The van der Waals surface area contributed by atoms with Crippen molar-refractivity contribution in [3.8, 4) is 0 Å². The second-order valence-corrected chi connectivity index (χ2v) is 8.54. The number of nitrogens with one attached hydrogen (secondary N) is 2. The molecular formula is C22H36FN5O. The summed E-state index contributed by atoms with van der Waals surface area (Å²) >= 11 is 0. The zero-order valence-corrected chi connectivity index (χ0v) is 18.1. The van der Waals surface area contributed by atoms with Crippen LogP contribution in [0.4, 0.5) is 4.39 Å². The Morgan fingerprint density at radius 3 is 2.72 bits per heavy atom. The highest BCUT2D eigenvalue weighted by Crippen LogP contribution is 2.18. The molecule has 6 nitrogen and oxygen atoms in total. The van der Waals surface area contributed by atoms with E-state index in [9.17, 15) is 4.39 Å². The van der Waals surface area contributed by atoms with Gasteiger partial charge in [0, 0.05) is 58.0 Å². The van der Waals surface area contributed by atoms with Crippen LogP contribution < -0.4 is 10.6 Å². The van der Waals surface area contributed by atoms with Crippen LogP contribution in [0.25, 0.3) is 0 Å². The molecule has 0 spiro atoms. The van der Waals surface area contributed by atoms with E-state index in [1.807, 2.05) is 31.1 Å². The third kappa shape index (κ3) is 6.94. The van der Waals surface area contributed by atoms with Crippen molar-refractivity contribution in [2.75, 3.05) is 54.0 Å². The molecule has 0 bridgehead atoms. The van der Waals surface area contributed by atoms with Crippen molar-refractivity contribution in [2.45, 2.75) is 38.4 Å². The van der Waals surface area contributed by atoms with E-state index in [0.717, 1.165) is 56.2 Å². The number of aliphatic imine (C=N–C) groups is 1. The fourth-order valence-electron chi connectivity index (χ4n) is 4.13. The standard InChI is InChI=1S/C22H36FN5O/c1-24-22(25-13-17-4-5-21(23)19(12-17)15-27(2)3)26-20-6-9-28(10-7-20)14-18-8-11-29-16-18/h4-5,12,18,20H,6-11,13-16H2,1-3H3,(H2,24,25,26). The summed E-state index contributed by atoms with van der Waals surface area (Å²) in [6.07, 6.45) is 3.45. The van der Waals surface area contributed by atoms with Crippen LogP contribution in [0.15, 0.2) is 23.2 Å². The number of hydrogen-bond donors (Lipinski definition) is 2. The van der Waals surface area contributed by atoms with E-state index >= 15 is 0 Å². The maximum atomic E-state index is 14.0. The Kier molecular flexibility index (Phi) is 8.27. The van der Waals surface area contributed by atoms with Crippen LogP contribution in [0, 0.1) is 11.7 Å². The molecule has 1 aromatic rings. The van der Waals surface area contributed by atoms with E-state index in [1.165, 1.54) is 13.0 Å². The second kappa shape index (κ2) is 10.9. The van der Waals surface area contributed by atoms with Crippen LogP contribution in [-0.2, 0) is 17.8 Å². The minimum Gasteiger partial charge on any atom is -0.381 e. The number of benzene rings is 1. The van der Waals surface area contributed by atoms with Crippen LogP contribution >= 0.6 is 0 Å². The van der Waals surface area contributed by atoms with Crippen LogP contribution in [0.5, 0.6) is 0 Å². The summed E-state index contributed by atoms with van der Waals surface area (Å²) in [7, 11) is 5.69. The van der Waals surface area contributed by atoms with Gasteiger partial charge in [0.05, 0.1) is 6.61 Å². The van der Waals surface area contributed by atoms with Gasteiger partial charge in [0.2, 0.25) is 0 Å². The van der Waals surface area contributed by atoms with E-state index in [0.29, 0.717) is 25.0 Å². The van der Waals surface area contributed by atoms with E-state index in [1.54, 1.807) is 13.1 Å². The average molecular weight is 406 g/mol. The molecule has 2 aliphatic rings. The highest BCUT2D eigenvalue weighted by Gasteiger charge is 2.24. The smallest absolute Gasteiger partial charge is 0.191 e. The number of nitrogens with zero attached hydrogens (tertiary/aromatic N) is 3. The molecule has 2 aliphatic heterocycles. The Morgan fingerprint density at radius 1 is 1.28 bits per heavy atom. The van der Waals surface area contributed by atoms with Gasteiger partial charge in [-0.05, 0) is 57.0 Å². The SMILES string of the molecule is CN=C(NCc1ccc(F)c(CN(C)C)c1)NC1CCN(CC2CCOC2)CC1. The molecule has 0 saturated carbocycles. The fraction of sp³-hybridized carbons (Fsp3) is 0.682. The molecule has 2 N–H and O–H groups in total. The molecule has 1 aromatic carbocycles. The first-order chi connectivity index (χ1) is 14.0. The van der Waals surface area contributed by atoms with Gasteiger partial charge in [-0.1, -0.05) is 6.07 Å². The Bertz CT molecular complexity index is 667. The normalized spacial score (nSPS) is 21.7. The van der Waals surface area contributed by atoms with Crippen LogP contribution in [0.1, 0.15) is 30.4 Å². The molecule has 1 atom stereocenters. The van der Waals surface area contributed by atoms with E-state index in [-0.39, 0.29) is 5.82 Å². The van der Waals surface area contributed by atoms with Gasteiger partial charge in [-0.25, -0.2) is 4.39 Å². The van der Waals surface area contributed by atoms with Crippen molar-refractivity contribution in [3.63, 3.8) is 0 Å². The number of hydrogen-bond acceptors (Lipinski definition) is 4. The molecule has 1 unspecified atom stereocenters. The van der Waals surface area contributed by atoms with Gasteiger partial charge in [0.1, 0.15) is 5.82 Å². The maximum Gasteiger partial charge on any atom is 0.191 e. The minimum absolute atomic E-state index is 0.152. The summed E-state index contributed by atoms with van der Waals surface area (Å²) in [6.45, 7) is 6.48. The first-order valence-electron chi connectivity index (χ1n) is 10.7. The van der Waals surface area contributed by atoms with Crippen LogP contribution in [0.2, 0.25) is 0 Å². The predicted molar refractivity (Wildman–Crippen MR) is 116 cm³/mol. The number of rotatable bonds is 7.